The summed E-state index contributed by atoms with van der Waals surface area (Å²) in [5.74, 6) is 1.82. The average Bonchev–Trinajstić information content (AvgIpc) is 3.34. The highest BCUT2D eigenvalue weighted by atomic mass is 15.2. The Morgan fingerprint density at radius 1 is 1.11 bits per heavy atom. The number of hydrogen-bond acceptors (Lipinski definition) is 8. The van der Waals surface area contributed by atoms with Gasteiger partial charge in [0, 0.05) is 56.4 Å². The van der Waals surface area contributed by atoms with Crippen LogP contribution in [0.3, 0.4) is 0 Å². The smallest absolute Gasteiger partial charge is 0.156 e. The molecular formula is C26H35N9. The number of H-pyrrole nitrogens is 1. The molecule has 3 aromatic rings. The van der Waals surface area contributed by atoms with Gasteiger partial charge in [0.05, 0.1) is 24.0 Å². The molecule has 0 atom stereocenters. The Morgan fingerprint density at radius 2 is 1.94 bits per heavy atom. The number of imidazole rings is 1. The monoisotopic (exact) mass is 473 g/mol. The minimum atomic E-state index is 0.694. The molecule has 0 spiro atoms. The zero-order valence-corrected chi connectivity index (χ0v) is 20.4. The predicted molar refractivity (Wildman–Crippen MR) is 147 cm³/mol. The summed E-state index contributed by atoms with van der Waals surface area (Å²) in [7, 11) is 1.94. The van der Waals surface area contributed by atoms with Crippen molar-refractivity contribution in [3.63, 3.8) is 0 Å². The Morgan fingerprint density at radius 3 is 2.71 bits per heavy atom. The first-order valence-electron chi connectivity index (χ1n) is 12.3. The third-order valence-electron chi connectivity index (χ3n) is 5.91. The molecule has 1 aliphatic heterocycles. The summed E-state index contributed by atoms with van der Waals surface area (Å²) in [4.78, 5) is 23.7. The number of fused-ring (bicyclic) bond motifs is 1. The first-order chi connectivity index (χ1) is 17.3. The molecule has 184 valence electrons. The van der Waals surface area contributed by atoms with E-state index in [9.17, 15) is 0 Å². The topological polar surface area (TPSA) is 106 Å². The summed E-state index contributed by atoms with van der Waals surface area (Å²) in [5.41, 5.74) is 4.69. The molecule has 4 N–H and O–H groups in total. The second-order valence-electron chi connectivity index (χ2n) is 8.52. The fourth-order valence-corrected chi connectivity index (χ4v) is 4.11. The molecule has 0 amide bonds. The van der Waals surface area contributed by atoms with Crippen LogP contribution < -0.4 is 20.9 Å². The summed E-state index contributed by atoms with van der Waals surface area (Å²) >= 11 is 0. The number of aromatic nitrogens is 3. The number of rotatable bonds is 12. The Balaban J connectivity index is 1.41. The summed E-state index contributed by atoms with van der Waals surface area (Å²) in [6.07, 6.45) is 9.03. The van der Waals surface area contributed by atoms with Crippen LogP contribution in [0.15, 0.2) is 58.4 Å². The highest BCUT2D eigenvalue weighted by Gasteiger charge is 2.17. The van der Waals surface area contributed by atoms with E-state index >= 15 is 0 Å². The number of piperidine rings is 1. The molecule has 0 radical (unpaired) electrons. The van der Waals surface area contributed by atoms with Crippen molar-refractivity contribution < 1.29 is 0 Å². The summed E-state index contributed by atoms with van der Waals surface area (Å²) in [6, 6.07) is 10.1. The molecule has 1 aliphatic rings. The van der Waals surface area contributed by atoms with Gasteiger partial charge in [-0.1, -0.05) is 0 Å². The van der Waals surface area contributed by atoms with Crippen molar-refractivity contribution in [2.24, 2.45) is 9.98 Å². The molecule has 9 nitrogen and oxygen atoms in total. The van der Waals surface area contributed by atoms with Gasteiger partial charge in [-0.2, -0.15) is 0 Å². The normalized spacial score (nSPS) is 14.7. The van der Waals surface area contributed by atoms with Gasteiger partial charge < -0.3 is 25.8 Å². The van der Waals surface area contributed by atoms with E-state index in [1.165, 1.54) is 19.3 Å². The van der Waals surface area contributed by atoms with Crippen LogP contribution in [0.25, 0.3) is 22.4 Å². The van der Waals surface area contributed by atoms with Gasteiger partial charge in [-0.25, -0.2) is 9.97 Å². The zero-order chi connectivity index (χ0) is 24.3. The molecular weight excluding hydrogens is 438 g/mol. The maximum Gasteiger partial charge on any atom is 0.156 e. The van der Waals surface area contributed by atoms with Gasteiger partial charge in [0.15, 0.2) is 5.82 Å². The van der Waals surface area contributed by atoms with Gasteiger partial charge in [0.25, 0.3) is 0 Å². The fraction of sp³-hybridized carbons (Fsp3) is 0.385. The van der Waals surface area contributed by atoms with Crippen LogP contribution in [0, 0.1) is 0 Å². The third kappa shape index (κ3) is 6.74. The standard InChI is InChI=1S/C26H35N9/c1-27-12-13-29-14-15-30-19-22(18-28-2)32-21-8-6-20(7-9-21)25-33-23-10-11-31-26(24(23)34-25)35-16-4-3-5-17-35/h6-11,18-19,27,29,32H,2-5,12-17H2,1H3,(H,33,34)/b22-18+,30-19?. The Hall–Kier alpha value is -3.56. The molecule has 9 heteroatoms. The lowest BCUT2D eigenvalue weighted by molar-refractivity contribution is 0.574. The summed E-state index contributed by atoms with van der Waals surface area (Å²) < 4.78 is 0. The van der Waals surface area contributed by atoms with Crippen molar-refractivity contribution in [2.75, 3.05) is 56.5 Å². The Kier molecular flexibility index (Phi) is 8.97. The average molecular weight is 474 g/mol. The highest BCUT2D eigenvalue weighted by Crippen LogP contribution is 2.28. The van der Waals surface area contributed by atoms with Crippen molar-refractivity contribution >= 4 is 35.5 Å². The molecule has 1 fully saturated rings. The number of anilines is 2. The second kappa shape index (κ2) is 12.8. The zero-order valence-electron chi connectivity index (χ0n) is 20.4. The van der Waals surface area contributed by atoms with Gasteiger partial charge in [-0.3, -0.25) is 9.98 Å². The van der Waals surface area contributed by atoms with Crippen LogP contribution >= 0.6 is 0 Å². The summed E-state index contributed by atoms with van der Waals surface area (Å²) in [5, 5.41) is 9.78. The molecule has 0 unspecified atom stereocenters. The van der Waals surface area contributed by atoms with E-state index in [2.05, 4.69) is 59.7 Å². The van der Waals surface area contributed by atoms with Gasteiger partial charge in [0.1, 0.15) is 11.3 Å². The molecule has 0 saturated carbocycles. The van der Waals surface area contributed by atoms with E-state index in [0.29, 0.717) is 6.54 Å². The first kappa shape index (κ1) is 24.6. The van der Waals surface area contributed by atoms with Gasteiger partial charge in [0.2, 0.25) is 0 Å². The van der Waals surface area contributed by atoms with Crippen LogP contribution in [0.5, 0.6) is 0 Å². The first-order valence-corrected chi connectivity index (χ1v) is 12.3. The molecule has 1 saturated heterocycles. The van der Waals surface area contributed by atoms with E-state index in [4.69, 9.17) is 4.98 Å². The van der Waals surface area contributed by atoms with Crippen LogP contribution in [-0.2, 0) is 0 Å². The number of likely N-dealkylation sites (N-methyl/N-ethyl adjacent to an activating group) is 1. The van der Waals surface area contributed by atoms with Crippen LogP contribution in [0.1, 0.15) is 19.3 Å². The van der Waals surface area contributed by atoms with Crippen molar-refractivity contribution in [1.82, 2.24) is 25.6 Å². The number of allylic oxidation sites excluding steroid dienone is 1. The highest BCUT2D eigenvalue weighted by molar-refractivity contribution is 5.89. The number of aliphatic imine (C=N–C) groups is 2. The van der Waals surface area contributed by atoms with Gasteiger partial charge in [-0.15, -0.1) is 0 Å². The van der Waals surface area contributed by atoms with Crippen molar-refractivity contribution in [1.29, 1.82) is 0 Å². The van der Waals surface area contributed by atoms with E-state index in [1.54, 1.807) is 12.4 Å². The Bertz CT molecular complexity index is 1140. The van der Waals surface area contributed by atoms with Crippen LogP contribution in [-0.4, -0.2) is 74.2 Å². The molecule has 1 aromatic carbocycles. The van der Waals surface area contributed by atoms with Gasteiger partial charge >= 0.3 is 0 Å². The van der Waals surface area contributed by atoms with Crippen molar-refractivity contribution in [3.8, 4) is 11.4 Å². The maximum atomic E-state index is 4.91. The SMILES string of the molecule is C=N/C=C(\C=NCCNCCNC)Nc1ccc(-c2nc3c(N4CCCCC4)nccc3[nH]2)cc1. The molecule has 35 heavy (non-hydrogen) atoms. The largest absolute Gasteiger partial charge is 0.355 e. The quantitative estimate of drug-likeness (QED) is 0.237. The Labute approximate surface area is 206 Å². The number of aromatic amines is 1. The maximum absolute atomic E-state index is 4.91. The third-order valence-corrected chi connectivity index (χ3v) is 5.91. The van der Waals surface area contributed by atoms with E-state index in [0.717, 1.165) is 72.3 Å². The van der Waals surface area contributed by atoms with E-state index < -0.39 is 0 Å². The molecule has 4 rings (SSSR count). The molecule has 2 aromatic heterocycles. The molecule has 0 bridgehead atoms. The van der Waals surface area contributed by atoms with Crippen molar-refractivity contribution in [2.45, 2.75) is 19.3 Å². The fourth-order valence-electron chi connectivity index (χ4n) is 4.11. The molecule has 3 heterocycles. The number of pyridine rings is 1. The number of nitrogens with one attached hydrogen (secondary N) is 4. The predicted octanol–water partition coefficient (Wildman–Crippen LogP) is 3.45. The lowest BCUT2D eigenvalue weighted by Crippen LogP contribution is -2.30. The number of nitrogens with zero attached hydrogens (tertiary/aromatic N) is 5. The minimum Gasteiger partial charge on any atom is -0.355 e. The number of hydrogen-bond donors (Lipinski definition) is 4. The van der Waals surface area contributed by atoms with Gasteiger partial charge in [-0.05, 0) is 63.4 Å². The van der Waals surface area contributed by atoms with Crippen LogP contribution in [0.4, 0.5) is 11.5 Å². The van der Waals surface area contributed by atoms with E-state index in [1.807, 2.05) is 31.4 Å². The molecule has 0 aliphatic carbocycles. The number of benzene rings is 1. The minimum absolute atomic E-state index is 0.694. The van der Waals surface area contributed by atoms with Crippen molar-refractivity contribution in [3.05, 3.63) is 48.4 Å². The lowest BCUT2D eigenvalue weighted by Gasteiger charge is -2.27. The summed E-state index contributed by atoms with van der Waals surface area (Å²) in [6.45, 7) is 9.04. The van der Waals surface area contributed by atoms with E-state index in [-0.39, 0.29) is 0 Å². The lowest BCUT2D eigenvalue weighted by atomic mass is 10.1. The van der Waals surface area contributed by atoms with Crippen LogP contribution in [0.2, 0.25) is 0 Å². The second-order valence-corrected chi connectivity index (χ2v) is 8.52.